The SMILES string of the molecule is COc1cc2c(cc1OC)C(O)(CNC(=O)CCNC(C)=O)CC2. The Labute approximate surface area is 141 Å². The number of aryl methyl sites for hydroxylation is 1. The van der Waals surface area contributed by atoms with Crippen molar-refractivity contribution in [1.82, 2.24) is 10.6 Å². The second kappa shape index (κ2) is 7.53. The Morgan fingerprint density at radius 1 is 1.21 bits per heavy atom. The number of rotatable bonds is 7. The topological polar surface area (TPSA) is 96.9 Å². The van der Waals surface area contributed by atoms with Gasteiger partial charge in [0.2, 0.25) is 11.8 Å². The molecule has 2 rings (SSSR count). The first-order valence-corrected chi connectivity index (χ1v) is 7.88. The standard InChI is InChI=1S/C17H24N2O5/c1-11(20)18-7-5-16(21)19-10-17(22)6-4-12-8-14(23-2)15(24-3)9-13(12)17/h8-9,22H,4-7,10H2,1-3H3,(H,18,20)(H,19,21). The van der Waals surface area contributed by atoms with Gasteiger partial charge in [-0.3, -0.25) is 9.59 Å². The van der Waals surface area contributed by atoms with Crippen LogP contribution in [0.15, 0.2) is 12.1 Å². The Kier molecular flexibility index (Phi) is 5.66. The number of hydrogen-bond donors (Lipinski definition) is 3. The highest BCUT2D eigenvalue weighted by atomic mass is 16.5. The van der Waals surface area contributed by atoms with E-state index in [-0.39, 0.29) is 31.3 Å². The maximum Gasteiger partial charge on any atom is 0.221 e. The molecule has 0 bridgehead atoms. The van der Waals surface area contributed by atoms with E-state index in [1.165, 1.54) is 6.92 Å². The normalized spacial score (nSPS) is 18.7. The minimum atomic E-state index is -1.13. The molecule has 1 aromatic carbocycles. The molecule has 0 aliphatic heterocycles. The fourth-order valence-electron chi connectivity index (χ4n) is 2.91. The summed E-state index contributed by atoms with van der Waals surface area (Å²) in [6.45, 7) is 1.80. The molecule has 0 aromatic heterocycles. The molecule has 24 heavy (non-hydrogen) atoms. The maximum atomic E-state index is 11.8. The van der Waals surface area contributed by atoms with Gasteiger partial charge in [-0.15, -0.1) is 0 Å². The molecule has 7 nitrogen and oxygen atoms in total. The van der Waals surface area contributed by atoms with Crippen molar-refractivity contribution in [3.8, 4) is 11.5 Å². The van der Waals surface area contributed by atoms with Gasteiger partial charge < -0.3 is 25.2 Å². The van der Waals surface area contributed by atoms with Gasteiger partial charge in [0.15, 0.2) is 11.5 Å². The summed E-state index contributed by atoms with van der Waals surface area (Å²) < 4.78 is 10.6. The van der Waals surface area contributed by atoms with E-state index < -0.39 is 5.60 Å². The van der Waals surface area contributed by atoms with Gasteiger partial charge >= 0.3 is 0 Å². The lowest BCUT2D eigenvalue weighted by Crippen LogP contribution is -2.40. The van der Waals surface area contributed by atoms with Crippen LogP contribution in [0.25, 0.3) is 0 Å². The molecule has 1 unspecified atom stereocenters. The molecule has 0 heterocycles. The summed E-state index contributed by atoms with van der Waals surface area (Å²) in [5.41, 5.74) is 0.614. The monoisotopic (exact) mass is 336 g/mol. The summed E-state index contributed by atoms with van der Waals surface area (Å²) in [4.78, 5) is 22.6. The number of nitrogens with one attached hydrogen (secondary N) is 2. The second-order valence-corrected chi connectivity index (χ2v) is 5.91. The lowest BCUT2D eigenvalue weighted by atomic mass is 9.95. The Balaban J connectivity index is 2.03. The predicted molar refractivity (Wildman–Crippen MR) is 88.1 cm³/mol. The molecule has 1 atom stereocenters. The van der Waals surface area contributed by atoms with Gasteiger partial charge in [-0.05, 0) is 36.1 Å². The molecule has 0 spiro atoms. The van der Waals surface area contributed by atoms with Gasteiger partial charge in [-0.25, -0.2) is 0 Å². The lowest BCUT2D eigenvalue weighted by molar-refractivity contribution is -0.122. The van der Waals surface area contributed by atoms with Gasteiger partial charge in [0, 0.05) is 19.9 Å². The first kappa shape index (κ1) is 18.1. The van der Waals surface area contributed by atoms with Crippen LogP contribution in [0.1, 0.15) is 30.9 Å². The van der Waals surface area contributed by atoms with Crippen LogP contribution >= 0.6 is 0 Å². The minimum absolute atomic E-state index is 0.119. The molecule has 0 radical (unpaired) electrons. The van der Waals surface area contributed by atoms with E-state index in [1.807, 2.05) is 6.07 Å². The molecule has 0 saturated carbocycles. The summed E-state index contributed by atoms with van der Waals surface area (Å²) in [7, 11) is 3.11. The number of aliphatic hydroxyl groups is 1. The molecule has 7 heteroatoms. The van der Waals surface area contributed by atoms with Crippen LogP contribution in [0.2, 0.25) is 0 Å². The molecule has 0 saturated heterocycles. The molecule has 3 N–H and O–H groups in total. The Morgan fingerprint density at radius 2 is 1.88 bits per heavy atom. The van der Waals surface area contributed by atoms with Crippen molar-refractivity contribution in [2.75, 3.05) is 27.3 Å². The number of carbonyl (C=O) groups is 2. The predicted octanol–water partition coefficient (Wildman–Crippen LogP) is 0.480. The smallest absolute Gasteiger partial charge is 0.221 e. The largest absolute Gasteiger partial charge is 0.493 e. The number of benzene rings is 1. The highest BCUT2D eigenvalue weighted by molar-refractivity contribution is 5.78. The van der Waals surface area contributed by atoms with E-state index in [4.69, 9.17) is 9.47 Å². The van der Waals surface area contributed by atoms with Crippen LogP contribution in [0.5, 0.6) is 11.5 Å². The van der Waals surface area contributed by atoms with Crippen LogP contribution in [-0.4, -0.2) is 44.2 Å². The van der Waals surface area contributed by atoms with Gasteiger partial charge in [0.1, 0.15) is 5.60 Å². The van der Waals surface area contributed by atoms with E-state index in [1.54, 1.807) is 20.3 Å². The molecule has 1 aromatic rings. The average Bonchev–Trinajstić information content (AvgIpc) is 2.88. The summed E-state index contributed by atoms with van der Waals surface area (Å²) in [6, 6.07) is 3.63. The van der Waals surface area contributed by atoms with Crippen molar-refractivity contribution in [3.05, 3.63) is 23.3 Å². The van der Waals surface area contributed by atoms with Gasteiger partial charge in [0.05, 0.1) is 20.8 Å². The van der Waals surface area contributed by atoms with Gasteiger partial charge in [-0.2, -0.15) is 0 Å². The Morgan fingerprint density at radius 3 is 2.50 bits per heavy atom. The molecular formula is C17H24N2O5. The van der Waals surface area contributed by atoms with Crippen molar-refractivity contribution in [2.45, 2.75) is 31.8 Å². The van der Waals surface area contributed by atoms with Crippen molar-refractivity contribution < 1.29 is 24.2 Å². The highest BCUT2D eigenvalue weighted by Gasteiger charge is 2.38. The Bertz CT molecular complexity index is 632. The van der Waals surface area contributed by atoms with Crippen LogP contribution < -0.4 is 20.1 Å². The molecule has 1 aliphatic carbocycles. The molecular weight excluding hydrogens is 312 g/mol. The molecule has 1 aliphatic rings. The first-order chi connectivity index (χ1) is 11.4. The third kappa shape index (κ3) is 3.97. The number of hydrogen-bond acceptors (Lipinski definition) is 5. The highest BCUT2D eigenvalue weighted by Crippen LogP contribution is 2.42. The van der Waals surface area contributed by atoms with E-state index in [0.717, 1.165) is 11.1 Å². The Hall–Kier alpha value is -2.28. The zero-order chi connectivity index (χ0) is 17.7. The summed E-state index contributed by atoms with van der Waals surface area (Å²) in [6.07, 6.45) is 1.40. The fourth-order valence-corrected chi connectivity index (χ4v) is 2.91. The van der Waals surface area contributed by atoms with Crippen molar-refractivity contribution >= 4 is 11.8 Å². The van der Waals surface area contributed by atoms with Crippen molar-refractivity contribution in [2.24, 2.45) is 0 Å². The van der Waals surface area contributed by atoms with Gasteiger partial charge in [-0.1, -0.05) is 0 Å². The van der Waals surface area contributed by atoms with Gasteiger partial charge in [0.25, 0.3) is 0 Å². The number of carbonyl (C=O) groups excluding carboxylic acids is 2. The second-order valence-electron chi connectivity index (χ2n) is 5.91. The van der Waals surface area contributed by atoms with Crippen LogP contribution in [-0.2, 0) is 21.6 Å². The summed E-state index contributed by atoms with van der Waals surface area (Å²) in [5.74, 6) is 0.784. The molecule has 132 valence electrons. The fraction of sp³-hybridized carbons (Fsp3) is 0.529. The molecule has 0 fully saturated rings. The first-order valence-electron chi connectivity index (χ1n) is 7.88. The third-order valence-electron chi connectivity index (χ3n) is 4.22. The number of amides is 2. The molecule has 2 amide bonds. The third-order valence-corrected chi connectivity index (χ3v) is 4.22. The van der Waals surface area contributed by atoms with E-state index in [9.17, 15) is 14.7 Å². The van der Waals surface area contributed by atoms with E-state index in [2.05, 4.69) is 10.6 Å². The number of ether oxygens (including phenoxy) is 2. The van der Waals surface area contributed by atoms with E-state index in [0.29, 0.717) is 24.3 Å². The van der Waals surface area contributed by atoms with Crippen LogP contribution in [0.4, 0.5) is 0 Å². The van der Waals surface area contributed by atoms with Crippen LogP contribution in [0.3, 0.4) is 0 Å². The summed E-state index contributed by atoms with van der Waals surface area (Å²) in [5, 5.41) is 16.2. The lowest BCUT2D eigenvalue weighted by Gasteiger charge is -2.25. The minimum Gasteiger partial charge on any atom is -0.493 e. The van der Waals surface area contributed by atoms with E-state index >= 15 is 0 Å². The number of methoxy groups -OCH3 is 2. The van der Waals surface area contributed by atoms with Crippen molar-refractivity contribution in [3.63, 3.8) is 0 Å². The number of fused-ring (bicyclic) bond motifs is 1. The maximum absolute atomic E-state index is 11.8. The summed E-state index contributed by atoms with van der Waals surface area (Å²) >= 11 is 0. The quantitative estimate of drug-likeness (QED) is 0.673. The van der Waals surface area contributed by atoms with Crippen molar-refractivity contribution in [1.29, 1.82) is 0 Å². The average molecular weight is 336 g/mol. The van der Waals surface area contributed by atoms with Crippen LogP contribution in [0, 0.1) is 0 Å². The zero-order valence-corrected chi connectivity index (χ0v) is 14.3. The zero-order valence-electron chi connectivity index (χ0n) is 14.3.